The molecule has 0 bridgehead atoms. The van der Waals surface area contributed by atoms with Gasteiger partial charge >= 0.3 is 5.97 Å². The standard InChI is InChI=1S/C33H58O10/c1-11-24(29-18(4)14-30(10,41-29)33(40)20(6)15-31(12-2,43-33)23(9)34)27(38)21(7)26(37)22(8)28-17(3)13-19(5)32(39,42-28)16-25(35)36/h17-24,26,28-29,34,37,39-40H,11-16H2,1-10H3,(H,35,36)/t17-,18-,19+,20-,21-,22+,23+,24+,26+,28-,29-,30-,31-,32-,33-/m1/s1. The molecule has 5 N–H and O–H groups in total. The first-order valence-electron chi connectivity index (χ1n) is 16.3. The van der Waals surface area contributed by atoms with Crippen LogP contribution in [0.5, 0.6) is 0 Å². The number of rotatable bonds is 12. The van der Waals surface area contributed by atoms with E-state index in [1.165, 1.54) is 0 Å². The van der Waals surface area contributed by atoms with Gasteiger partial charge in [-0.1, -0.05) is 55.4 Å². The van der Waals surface area contributed by atoms with Crippen LogP contribution in [0.1, 0.15) is 108 Å². The summed E-state index contributed by atoms with van der Waals surface area (Å²) in [7, 11) is 0. The fraction of sp³-hybridized carbons (Fsp3) is 0.939. The monoisotopic (exact) mass is 614 g/mol. The topological polar surface area (TPSA) is 163 Å². The van der Waals surface area contributed by atoms with Crippen LogP contribution < -0.4 is 0 Å². The van der Waals surface area contributed by atoms with E-state index >= 15 is 0 Å². The SMILES string of the molecule is CC[C@@H](C(=O)[C@H](C)[C@H](O)[C@H](C)[C@@H]1O[C@](O)(CC(=O)O)[C@@H](C)C[C@H]1C)[C@@H]1O[C@@](C)([C@]2(O)O[C@@](CC)([C@H](C)O)C[C@H]2C)C[C@H]1C. The Kier molecular flexibility index (Phi) is 10.9. The minimum atomic E-state index is -1.85. The van der Waals surface area contributed by atoms with E-state index in [0.717, 1.165) is 0 Å². The fourth-order valence-corrected chi connectivity index (χ4v) is 8.56. The summed E-state index contributed by atoms with van der Waals surface area (Å²) >= 11 is 0. The predicted molar refractivity (Wildman–Crippen MR) is 160 cm³/mol. The summed E-state index contributed by atoms with van der Waals surface area (Å²) < 4.78 is 19.0. The summed E-state index contributed by atoms with van der Waals surface area (Å²) in [5, 5.41) is 54.3. The number of ether oxygens (including phenoxy) is 3. The number of hydrogen-bond donors (Lipinski definition) is 5. The Morgan fingerprint density at radius 3 is 2.00 bits per heavy atom. The smallest absolute Gasteiger partial charge is 0.308 e. The van der Waals surface area contributed by atoms with E-state index in [1.807, 2.05) is 41.5 Å². The van der Waals surface area contributed by atoms with E-state index < -0.39 is 83.3 Å². The molecule has 3 saturated heterocycles. The van der Waals surface area contributed by atoms with E-state index in [4.69, 9.17) is 14.2 Å². The molecule has 250 valence electrons. The van der Waals surface area contributed by atoms with Gasteiger partial charge in [-0.3, -0.25) is 9.59 Å². The summed E-state index contributed by atoms with van der Waals surface area (Å²) in [5.74, 6) is -7.57. The molecule has 0 aromatic carbocycles. The van der Waals surface area contributed by atoms with Crippen LogP contribution in [-0.4, -0.2) is 84.5 Å². The highest BCUT2D eigenvalue weighted by Gasteiger charge is 2.66. The van der Waals surface area contributed by atoms with Crippen molar-refractivity contribution >= 4 is 11.8 Å². The second kappa shape index (κ2) is 12.9. The number of aliphatic hydroxyl groups excluding tert-OH is 2. The molecule has 3 rings (SSSR count). The van der Waals surface area contributed by atoms with Crippen molar-refractivity contribution in [1.82, 2.24) is 0 Å². The zero-order valence-corrected chi connectivity index (χ0v) is 27.9. The molecule has 0 aromatic heterocycles. The third kappa shape index (κ3) is 6.44. The number of Topliss-reactive ketones (excluding diaryl/α,β-unsaturated/α-hetero) is 1. The van der Waals surface area contributed by atoms with Crippen LogP contribution in [0.25, 0.3) is 0 Å². The molecule has 3 aliphatic rings. The van der Waals surface area contributed by atoms with Gasteiger partial charge in [-0.15, -0.1) is 0 Å². The van der Waals surface area contributed by atoms with Gasteiger partial charge in [0.2, 0.25) is 0 Å². The van der Waals surface area contributed by atoms with Crippen molar-refractivity contribution in [2.45, 2.75) is 155 Å². The first kappa shape index (κ1) is 36.3. The van der Waals surface area contributed by atoms with Crippen molar-refractivity contribution in [2.24, 2.45) is 41.4 Å². The number of hydrogen-bond acceptors (Lipinski definition) is 9. The van der Waals surface area contributed by atoms with Crippen LogP contribution in [0.15, 0.2) is 0 Å². The van der Waals surface area contributed by atoms with Crippen LogP contribution in [0.2, 0.25) is 0 Å². The maximum Gasteiger partial charge on any atom is 0.308 e. The van der Waals surface area contributed by atoms with E-state index in [9.17, 15) is 35.1 Å². The second-order valence-corrected chi connectivity index (χ2v) is 14.7. The number of carbonyl (C=O) groups excluding carboxylic acids is 1. The molecule has 0 amide bonds. The Hall–Kier alpha value is -1.14. The lowest BCUT2D eigenvalue weighted by molar-refractivity contribution is -0.331. The lowest BCUT2D eigenvalue weighted by Gasteiger charge is -2.47. The van der Waals surface area contributed by atoms with Crippen LogP contribution in [0, 0.1) is 41.4 Å². The van der Waals surface area contributed by atoms with Gasteiger partial charge in [0.05, 0.1) is 36.4 Å². The molecule has 10 heteroatoms. The van der Waals surface area contributed by atoms with Crippen molar-refractivity contribution < 1.29 is 49.3 Å². The molecular weight excluding hydrogens is 556 g/mol. The Morgan fingerprint density at radius 1 is 0.907 bits per heavy atom. The zero-order chi connectivity index (χ0) is 32.9. The summed E-state index contributed by atoms with van der Waals surface area (Å²) in [6.07, 6.45) is -1.12. The molecule has 0 spiro atoms. The molecule has 0 saturated carbocycles. The molecule has 0 unspecified atom stereocenters. The number of carboxylic acid groups (broad SMARTS) is 1. The maximum absolute atomic E-state index is 14.0. The first-order valence-corrected chi connectivity index (χ1v) is 16.3. The van der Waals surface area contributed by atoms with E-state index in [-0.39, 0.29) is 23.5 Å². The first-order chi connectivity index (χ1) is 19.7. The van der Waals surface area contributed by atoms with Crippen molar-refractivity contribution in [2.75, 3.05) is 0 Å². The largest absolute Gasteiger partial charge is 0.481 e. The highest BCUT2D eigenvalue weighted by Crippen LogP contribution is 2.56. The van der Waals surface area contributed by atoms with Crippen molar-refractivity contribution in [3.05, 3.63) is 0 Å². The van der Waals surface area contributed by atoms with Crippen molar-refractivity contribution in [3.8, 4) is 0 Å². The number of aliphatic hydroxyl groups is 4. The van der Waals surface area contributed by atoms with E-state index in [1.54, 1.807) is 27.7 Å². The van der Waals surface area contributed by atoms with Gasteiger partial charge in [-0.05, 0) is 57.8 Å². The molecule has 3 fully saturated rings. The summed E-state index contributed by atoms with van der Waals surface area (Å²) in [6.45, 7) is 18.4. The van der Waals surface area contributed by atoms with Gasteiger partial charge in [0.1, 0.15) is 11.4 Å². The quantitative estimate of drug-likeness (QED) is 0.218. The Morgan fingerprint density at radius 2 is 1.51 bits per heavy atom. The Balaban J connectivity index is 1.78. The minimum Gasteiger partial charge on any atom is -0.481 e. The van der Waals surface area contributed by atoms with Gasteiger partial charge < -0.3 is 39.7 Å². The fourth-order valence-electron chi connectivity index (χ4n) is 8.56. The third-order valence-electron chi connectivity index (χ3n) is 11.5. The number of carbonyl (C=O) groups is 2. The molecule has 3 heterocycles. The molecule has 0 radical (unpaired) electrons. The number of aliphatic carboxylic acids is 1. The molecule has 10 nitrogen and oxygen atoms in total. The zero-order valence-electron chi connectivity index (χ0n) is 27.9. The number of ketones is 1. The van der Waals surface area contributed by atoms with Crippen LogP contribution in [0.4, 0.5) is 0 Å². The highest BCUT2D eigenvalue weighted by molar-refractivity contribution is 5.84. The third-order valence-corrected chi connectivity index (χ3v) is 11.5. The number of carboxylic acids is 1. The molecule has 43 heavy (non-hydrogen) atoms. The summed E-state index contributed by atoms with van der Waals surface area (Å²) in [6, 6.07) is 0. The average Bonchev–Trinajstić information content (AvgIpc) is 3.39. The predicted octanol–water partition coefficient (Wildman–Crippen LogP) is 3.90. The molecule has 0 aliphatic carbocycles. The van der Waals surface area contributed by atoms with Gasteiger partial charge in [-0.25, -0.2) is 0 Å². The minimum absolute atomic E-state index is 0.0667. The van der Waals surface area contributed by atoms with Crippen LogP contribution in [-0.2, 0) is 23.8 Å². The molecule has 3 aliphatic heterocycles. The van der Waals surface area contributed by atoms with E-state index in [0.29, 0.717) is 32.1 Å². The summed E-state index contributed by atoms with van der Waals surface area (Å²) in [5.41, 5.74) is -1.99. The Bertz CT molecular complexity index is 1000. The van der Waals surface area contributed by atoms with Gasteiger partial charge in [0.25, 0.3) is 0 Å². The summed E-state index contributed by atoms with van der Waals surface area (Å²) in [4.78, 5) is 25.5. The lowest BCUT2D eigenvalue weighted by atomic mass is 9.73. The van der Waals surface area contributed by atoms with Crippen LogP contribution in [0.3, 0.4) is 0 Å². The van der Waals surface area contributed by atoms with Crippen molar-refractivity contribution in [1.29, 1.82) is 0 Å². The Labute approximate surface area is 257 Å². The van der Waals surface area contributed by atoms with Crippen LogP contribution >= 0.6 is 0 Å². The lowest BCUT2D eigenvalue weighted by Crippen LogP contribution is -2.57. The van der Waals surface area contributed by atoms with Gasteiger partial charge in [0, 0.05) is 29.6 Å². The highest BCUT2D eigenvalue weighted by atomic mass is 16.7. The normalized spacial score (nSPS) is 45.3. The van der Waals surface area contributed by atoms with Crippen molar-refractivity contribution in [3.63, 3.8) is 0 Å². The van der Waals surface area contributed by atoms with E-state index in [2.05, 4.69) is 0 Å². The maximum atomic E-state index is 14.0. The second-order valence-electron chi connectivity index (χ2n) is 14.7. The molecule has 15 atom stereocenters. The molecule has 0 aromatic rings. The average molecular weight is 615 g/mol. The van der Waals surface area contributed by atoms with Gasteiger partial charge in [-0.2, -0.15) is 0 Å². The molecular formula is C33H58O10. The van der Waals surface area contributed by atoms with Gasteiger partial charge in [0.15, 0.2) is 11.6 Å².